The van der Waals surface area contributed by atoms with Gasteiger partial charge in [-0.2, -0.15) is 5.26 Å². The Kier molecular flexibility index (Phi) is 2.70. The predicted molar refractivity (Wildman–Crippen MR) is 50.4 cm³/mol. The Hall–Kier alpha value is -1.03. The van der Waals surface area contributed by atoms with Crippen molar-refractivity contribution in [2.75, 3.05) is 0 Å². The lowest BCUT2D eigenvalue weighted by Gasteiger charge is -2.24. The number of hydrogen-bond acceptors (Lipinski definition) is 1. The molecule has 0 N–H and O–H groups in total. The fraction of sp³-hybridized carbons (Fsp3) is 0.545. The van der Waals surface area contributed by atoms with Crippen LogP contribution in [0.2, 0.25) is 0 Å². The van der Waals surface area contributed by atoms with E-state index in [0.29, 0.717) is 5.92 Å². The third-order valence-electron chi connectivity index (χ3n) is 2.65. The van der Waals surface area contributed by atoms with Crippen molar-refractivity contribution in [3.05, 3.63) is 23.8 Å². The van der Waals surface area contributed by atoms with E-state index in [4.69, 9.17) is 5.26 Å². The molecule has 0 aromatic rings. The number of nitrogens with zero attached hydrogens (tertiary/aromatic N) is 1. The maximum Gasteiger partial charge on any atom is 0.0700 e. The van der Waals surface area contributed by atoms with Crippen LogP contribution in [0.4, 0.5) is 0 Å². The van der Waals surface area contributed by atoms with Crippen molar-refractivity contribution in [1.82, 2.24) is 0 Å². The number of rotatable bonds is 1. The lowest BCUT2D eigenvalue weighted by Crippen LogP contribution is -2.14. The first kappa shape index (κ1) is 9.06. The second kappa shape index (κ2) is 3.58. The van der Waals surface area contributed by atoms with Crippen molar-refractivity contribution in [2.45, 2.75) is 26.7 Å². The smallest absolute Gasteiger partial charge is 0.0700 e. The Morgan fingerprint density at radius 2 is 2.42 bits per heavy atom. The molecule has 12 heavy (non-hydrogen) atoms. The van der Waals surface area contributed by atoms with Crippen molar-refractivity contribution in [1.29, 1.82) is 5.26 Å². The normalized spacial score (nSPS) is 28.9. The summed E-state index contributed by atoms with van der Waals surface area (Å²) in [7, 11) is 0. The SMILES string of the molecule is C=C(C)C1CC=C(C)C(C#N)C1. The summed E-state index contributed by atoms with van der Waals surface area (Å²) >= 11 is 0. The highest BCUT2D eigenvalue weighted by atomic mass is 14.3. The second-order valence-electron chi connectivity index (χ2n) is 3.64. The molecular weight excluding hydrogens is 146 g/mol. The van der Waals surface area contributed by atoms with Crippen molar-refractivity contribution in [2.24, 2.45) is 11.8 Å². The van der Waals surface area contributed by atoms with Gasteiger partial charge in [0.2, 0.25) is 0 Å². The summed E-state index contributed by atoms with van der Waals surface area (Å²) in [5.41, 5.74) is 2.44. The van der Waals surface area contributed by atoms with Gasteiger partial charge in [-0.25, -0.2) is 0 Å². The molecule has 64 valence electrons. The van der Waals surface area contributed by atoms with E-state index in [1.807, 2.05) is 13.8 Å². The molecule has 0 saturated heterocycles. The Morgan fingerprint density at radius 1 is 1.75 bits per heavy atom. The van der Waals surface area contributed by atoms with Crippen LogP contribution < -0.4 is 0 Å². The molecule has 0 heterocycles. The Bertz CT molecular complexity index is 255. The largest absolute Gasteiger partial charge is 0.198 e. The summed E-state index contributed by atoms with van der Waals surface area (Å²) in [6.07, 6.45) is 4.21. The Morgan fingerprint density at radius 3 is 2.92 bits per heavy atom. The average molecular weight is 161 g/mol. The molecule has 0 saturated carbocycles. The van der Waals surface area contributed by atoms with Crippen molar-refractivity contribution in [3.8, 4) is 6.07 Å². The molecule has 2 atom stereocenters. The molecule has 1 nitrogen and oxygen atoms in total. The average Bonchev–Trinajstić information content (AvgIpc) is 2.05. The molecule has 1 rings (SSSR count). The van der Waals surface area contributed by atoms with Crippen LogP contribution in [0.25, 0.3) is 0 Å². The third-order valence-corrected chi connectivity index (χ3v) is 2.65. The molecule has 0 aromatic heterocycles. The van der Waals surface area contributed by atoms with E-state index in [1.165, 1.54) is 11.1 Å². The van der Waals surface area contributed by atoms with E-state index in [1.54, 1.807) is 0 Å². The predicted octanol–water partition coefficient (Wildman–Crippen LogP) is 3.06. The lowest BCUT2D eigenvalue weighted by atomic mass is 9.80. The fourth-order valence-corrected chi connectivity index (χ4v) is 1.59. The third kappa shape index (κ3) is 1.76. The first-order valence-electron chi connectivity index (χ1n) is 4.36. The second-order valence-corrected chi connectivity index (χ2v) is 3.64. The minimum atomic E-state index is 0.125. The molecule has 2 unspecified atom stereocenters. The first-order valence-corrected chi connectivity index (χ1v) is 4.36. The molecule has 0 aromatic carbocycles. The standard InChI is InChI=1S/C11H15N/c1-8(2)10-5-4-9(3)11(6-10)7-12/h4,10-11H,1,5-6H2,2-3H3. The van der Waals surface area contributed by atoms with Crippen LogP contribution in [0.15, 0.2) is 23.8 Å². The van der Waals surface area contributed by atoms with Crippen LogP contribution >= 0.6 is 0 Å². The van der Waals surface area contributed by atoms with E-state index < -0.39 is 0 Å². The van der Waals surface area contributed by atoms with Gasteiger partial charge in [0.05, 0.1) is 12.0 Å². The van der Waals surface area contributed by atoms with Gasteiger partial charge in [-0.05, 0) is 32.6 Å². The van der Waals surface area contributed by atoms with Gasteiger partial charge in [0.1, 0.15) is 0 Å². The van der Waals surface area contributed by atoms with E-state index >= 15 is 0 Å². The van der Waals surface area contributed by atoms with Gasteiger partial charge in [0.15, 0.2) is 0 Å². The Labute approximate surface area is 74.4 Å². The van der Waals surface area contributed by atoms with Crippen molar-refractivity contribution >= 4 is 0 Å². The maximum absolute atomic E-state index is 8.84. The van der Waals surface area contributed by atoms with Gasteiger partial charge < -0.3 is 0 Å². The van der Waals surface area contributed by atoms with Gasteiger partial charge in [-0.1, -0.05) is 23.8 Å². The van der Waals surface area contributed by atoms with Gasteiger partial charge in [-0.3, -0.25) is 0 Å². The number of allylic oxidation sites excluding steroid dienone is 3. The topological polar surface area (TPSA) is 23.8 Å². The molecule has 0 amide bonds. The molecule has 0 bridgehead atoms. The van der Waals surface area contributed by atoms with Gasteiger partial charge in [-0.15, -0.1) is 0 Å². The fourth-order valence-electron chi connectivity index (χ4n) is 1.59. The van der Waals surface area contributed by atoms with Crippen LogP contribution in [0.1, 0.15) is 26.7 Å². The molecule has 1 aliphatic carbocycles. The lowest BCUT2D eigenvalue weighted by molar-refractivity contribution is 0.484. The minimum Gasteiger partial charge on any atom is -0.198 e. The highest BCUT2D eigenvalue weighted by molar-refractivity contribution is 5.19. The Balaban J connectivity index is 2.72. The summed E-state index contributed by atoms with van der Waals surface area (Å²) in [5, 5.41) is 8.84. The summed E-state index contributed by atoms with van der Waals surface area (Å²) < 4.78 is 0. The van der Waals surface area contributed by atoms with Crippen molar-refractivity contribution < 1.29 is 0 Å². The van der Waals surface area contributed by atoms with Gasteiger partial charge in [0, 0.05) is 0 Å². The van der Waals surface area contributed by atoms with Crippen molar-refractivity contribution in [3.63, 3.8) is 0 Å². The van der Waals surface area contributed by atoms with Gasteiger partial charge in [0.25, 0.3) is 0 Å². The number of nitriles is 1. The molecule has 1 heteroatoms. The molecular formula is C11H15N. The van der Waals surface area contributed by atoms with E-state index in [0.717, 1.165) is 12.8 Å². The van der Waals surface area contributed by atoms with Gasteiger partial charge >= 0.3 is 0 Å². The molecule has 0 aliphatic heterocycles. The summed E-state index contributed by atoms with van der Waals surface area (Å²) in [4.78, 5) is 0. The first-order chi connectivity index (χ1) is 5.65. The molecule has 0 radical (unpaired) electrons. The zero-order valence-corrected chi connectivity index (χ0v) is 7.80. The molecule has 1 aliphatic rings. The maximum atomic E-state index is 8.84. The zero-order valence-electron chi connectivity index (χ0n) is 7.80. The quantitative estimate of drug-likeness (QED) is 0.542. The van der Waals surface area contributed by atoms with E-state index in [9.17, 15) is 0 Å². The highest BCUT2D eigenvalue weighted by Crippen LogP contribution is 2.31. The summed E-state index contributed by atoms with van der Waals surface area (Å²) in [5.74, 6) is 0.652. The van der Waals surface area contributed by atoms with Crippen LogP contribution in [-0.4, -0.2) is 0 Å². The number of hydrogen-bond donors (Lipinski definition) is 0. The van der Waals surface area contributed by atoms with E-state index in [2.05, 4.69) is 18.7 Å². The highest BCUT2D eigenvalue weighted by Gasteiger charge is 2.21. The summed E-state index contributed by atoms with van der Waals surface area (Å²) in [6.45, 7) is 8.03. The molecule has 0 spiro atoms. The van der Waals surface area contributed by atoms with Crippen LogP contribution in [-0.2, 0) is 0 Å². The minimum absolute atomic E-state index is 0.125. The molecule has 0 fully saturated rings. The summed E-state index contributed by atoms with van der Waals surface area (Å²) in [6, 6.07) is 2.33. The van der Waals surface area contributed by atoms with Crippen LogP contribution in [0.3, 0.4) is 0 Å². The zero-order chi connectivity index (χ0) is 9.14. The van der Waals surface area contributed by atoms with Crippen LogP contribution in [0, 0.1) is 23.2 Å². The van der Waals surface area contributed by atoms with Crippen LogP contribution in [0.5, 0.6) is 0 Å². The van der Waals surface area contributed by atoms with E-state index in [-0.39, 0.29) is 5.92 Å². The monoisotopic (exact) mass is 161 g/mol.